The summed E-state index contributed by atoms with van der Waals surface area (Å²) in [4.78, 5) is 23.6. The Morgan fingerprint density at radius 3 is 2.67 bits per heavy atom. The molecule has 0 spiro atoms. The fourth-order valence-electron chi connectivity index (χ4n) is 2.23. The highest BCUT2D eigenvalue weighted by molar-refractivity contribution is 9.10. The summed E-state index contributed by atoms with van der Waals surface area (Å²) in [5.74, 6) is -0.347. The van der Waals surface area contributed by atoms with Crippen molar-refractivity contribution in [3.05, 3.63) is 65.0 Å². The minimum atomic E-state index is -0.525. The number of benzene rings is 2. The molecule has 3 aromatic rings. The van der Waals surface area contributed by atoms with E-state index in [0.29, 0.717) is 5.75 Å². The highest BCUT2D eigenvalue weighted by atomic mass is 79.9. The standard InChI is InChI=1S/C18H14BrN3O4S/c19-16-12-5-2-1-4-11(12)7-8-13(16)26-10-15(23)21-22-18(27)20-17(24)14-6-3-9-25-14/h1-9H,10H2,(H,21,23)(H2,20,22,24,27). The van der Waals surface area contributed by atoms with Gasteiger partial charge in [0.1, 0.15) is 5.75 Å². The lowest BCUT2D eigenvalue weighted by Gasteiger charge is -2.12. The predicted octanol–water partition coefficient (Wildman–Crippen LogP) is 2.91. The second kappa shape index (κ2) is 8.65. The van der Waals surface area contributed by atoms with E-state index in [1.54, 1.807) is 12.1 Å². The molecule has 1 heterocycles. The lowest BCUT2D eigenvalue weighted by atomic mass is 10.1. The van der Waals surface area contributed by atoms with Crippen molar-refractivity contribution in [2.75, 3.05) is 6.61 Å². The summed E-state index contributed by atoms with van der Waals surface area (Å²) in [5.41, 5.74) is 4.77. The Labute approximate surface area is 168 Å². The molecule has 0 fully saturated rings. The molecular formula is C18H14BrN3O4S. The van der Waals surface area contributed by atoms with Crippen LogP contribution < -0.4 is 20.9 Å². The number of hydrogen-bond acceptors (Lipinski definition) is 5. The molecule has 2 aromatic carbocycles. The minimum Gasteiger partial charge on any atom is -0.483 e. The first-order valence-electron chi connectivity index (χ1n) is 7.78. The molecule has 0 radical (unpaired) electrons. The topological polar surface area (TPSA) is 92.6 Å². The number of halogens is 1. The lowest BCUT2D eigenvalue weighted by molar-refractivity contribution is -0.123. The molecule has 3 N–H and O–H groups in total. The van der Waals surface area contributed by atoms with Crippen LogP contribution in [0, 0.1) is 0 Å². The van der Waals surface area contributed by atoms with Gasteiger partial charge in [0.15, 0.2) is 17.5 Å². The van der Waals surface area contributed by atoms with Crippen LogP contribution in [0.15, 0.2) is 63.7 Å². The maximum Gasteiger partial charge on any atom is 0.293 e. The molecule has 0 aliphatic heterocycles. The zero-order chi connectivity index (χ0) is 19.2. The van der Waals surface area contributed by atoms with Crippen LogP contribution in [-0.4, -0.2) is 23.5 Å². The number of thiocarbonyl (C=S) groups is 1. The third-order valence-electron chi connectivity index (χ3n) is 3.47. The van der Waals surface area contributed by atoms with Crippen molar-refractivity contribution in [3.63, 3.8) is 0 Å². The van der Waals surface area contributed by atoms with Gasteiger partial charge < -0.3 is 9.15 Å². The summed E-state index contributed by atoms with van der Waals surface area (Å²) in [6.07, 6.45) is 1.37. The Bertz CT molecular complexity index is 991. The number of amides is 2. The van der Waals surface area contributed by atoms with Crippen molar-refractivity contribution in [2.45, 2.75) is 0 Å². The molecule has 0 saturated heterocycles. The van der Waals surface area contributed by atoms with E-state index in [-0.39, 0.29) is 17.5 Å². The molecule has 0 unspecified atom stereocenters. The number of carbonyl (C=O) groups is 2. The van der Waals surface area contributed by atoms with Gasteiger partial charge >= 0.3 is 0 Å². The van der Waals surface area contributed by atoms with Crippen molar-refractivity contribution >= 4 is 55.8 Å². The number of fused-ring (bicyclic) bond motifs is 1. The van der Waals surface area contributed by atoms with Crippen molar-refractivity contribution in [1.82, 2.24) is 16.2 Å². The van der Waals surface area contributed by atoms with Gasteiger partial charge in [-0.3, -0.25) is 25.8 Å². The van der Waals surface area contributed by atoms with E-state index in [4.69, 9.17) is 21.4 Å². The van der Waals surface area contributed by atoms with Gasteiger partial charge in [-0.05, 0) is 57.1 Å². The van der Waals surface area contributed by atoms with Crippen LogP contribution in [0.5, 0.6) is 5.75 Å². The van der Waals surface area contributed by atoms with E-state index in [0.717, 1.165) is 15.2 Å². The van der Waals surface area contributed by atoms with Crippen LogP contribution in [0.2, 0.25) is 0 Å². The number of carbonyl (C=O) groups excluding carboxylic acids is 2. The number of furan rings is 1. The predicted molar refractivity (Wildman–Crippen MR) is 107 cm³/mol. The van der Waals surface area contributed by atoms with Crippen LogP contribution in [0.25, 0.3) is 10.8 Å². The van der Waals surface area contributed by atoms with Gasteiger partial charge in [0.05, 0.1) is 10.7 Å². The Hall–Kier alpha value is -2.91. The van der Waals surface area contributed by atoms with Crippen LogP contribution in [-0.2, 0) is 4.79 Å². The summed E-state index contributed by atoms with van der Waals surface area (Å²) in [7, 11) is 0. The number of hydrazine groups is 1. The molecule has 9 heteroatoms. The van der Waals surface area contributed by atoms with E-state index in [9.17, 15) is 9.59 Å². The van der Waals surface area contributed by atoms with Gasteiger partial charge in [0, 0.05) is 0 Å². The smallest absolute Gasteiger partial charge is 0.293 e. The van der Waals surface area contributed by atoms with E-state index in [1.807, 2.05) is 30.3 Å². The fraction of sp³-hybridized carbons (Fsp3) is 0.0556. The summed E-state index contributed by atoms with van der Waals surface area (Å²) >= 11 is 8.42. The van der Waals surface area contributed by atoms with E-state index >= 15 is 0 Å². The van der Waals surface area contributed by atoms with Crippen LogP contribution in [0.1, 0.15) is 10.6 Å². The van der Waals surface area contributed by atoms with Crippen LogP contribution in [0.4, 0.5) is 0 Å². The molecule has 0 saturated carbocycles. The van der Waals surface area contributed by atoms with Crippen molar-refractivity contribution < 1.29 is 18.7 Å². The van der Waals surface area contributed by atoms with E-state index < -0.39 is 11.8 Å². The summed E-state index contributed by atoms with van der Waals surface area (Å²) in [6, 6.07) is 14.6. The number of hydrogen-bond donors (Lipinski definition) is 3. The minimum absolute atomic E-state index is 0.0726. The monoisotopic (exact) mass is 447 g/mol. The Balaban J connectivity index is 1.48. The average Bonchev–Trinajstić information content (AvgIpc) is 3.21. The van der Waals surface area contributed by atoms with Crippen molar-refractivity contribution in [1.29, 1.82) is 0 Å². The van der Waals surface area contributed by atoms with Crippen LogP contribution >= 0.6 is 28.1 Å². The van der Waals surface area contributed by atoms with Crippen LogP contribution in [0.3, 0.4) is 0 Å². The molecule has 3 rings (SSSR count). The molecule has 2 amide bonds. The fourth-order valence-corrected chi connectivity index (χ4v) is 2.99. The maximum atomic E-state index is 11.9. The number of rotatable bonds is 4. The third-order valence-corrected chi connectivity index (χ3v) is 4.50. The Kier molecular flexibility index (Phi) is 6.05. The normalized spacial score (nSPS) is 10.3. The molecule has 27 heavy (non-hydrogen) atoms. The lowest BCUT2D eigenvalue weighted by Crippen LogP contribution is -2.49. The van der Waals surface area contributed by atoms with Gasteiger partial charge in [-0.25, -0.2) is 0 Å². The van der Waals surface area contributed by atoms with Gasteiger partial charge in [-0.1, -0.05) is 30.3 Å². The second-order valence-electron chi connectivity index (χ2n) is 5.32. The van der Waals surface area contributed by atoms with Gasteiger partial charge in [0.2, 0.25) is 0 Å². The molecule has 0 bridgehead atoms. The van der Waals surface area contributed by atoms with Gasteiger partial charge in [-0.15, -0.1) is 0 Å². The van der Waals surface area contributed by atoms with Gasteiger partial charge in [-0.2, -0.15) is 0 Å². The first-order chi connectivity index (χ1) is 13.0. The molecule has 0 aliphatic carbocycles. The molecule has 0 atom stereocenters. The highest BCUT2D eigenvalue weighted by Crippen LogP contribution is 2.32. The van der Waals surface area contributed by atoms with Crippen molar-refractivity contribution in [2.24, 2.45) is 0 Å². The Morgan fingerprint density at radius 2 is 1.89 bits per heavy atom. The average molecular weight is 448 g/mol. The SMILES string of the molecule is O=C(COc1ccc2ccccc2c1Br)NNC(=S)NC(=O)c1ccco1. The summed E-state index contributed by atoms with van der Waals surface area (Å²) < 4.78 is 11.2. The quantitative estimate of drug-likeness (QED) is 0.420. The first kappa shape index (κ1) is 18.9. The first-order valence-corrected chi connectivity index (χ1v) is 8.98. The van der Waals surface area contributed by atoms with Crippen molar-refractivity contribution in [3.8, 4) is 5.75 Å². The van der Waals surface area contributed by atoms with E-state index in [2.05, 4.69) is 32.1 Å². The van der Waals surface area contributed by atoms with E-state index in [1.165, 1.54) is 12.3 Å². The Morgan fingerprint density at radius 1 is 1.07 bits per heavy atom. The third kappa shape index (κ3) is 4.83. The zero-order valence-corrected chi connectivity index (χ0v) is 16.2. The number of nitrogens with one attached hydrogen (secondary N) is 3. The second-order valence-corrected chi connectivity index (χ2v) is 6.52. The summed E-state index contributed by atoms with van der Waals surface area (Å²) in [5, 5.41) is 4.33. The largest absolute Gasteiger partial charge is 0.483 e. The number of ether oxygens (including phenoxy) is 1. The molecule has 138 valence electrons. The molecule has 1 aromatic heterocycles. The highest BCUT2D eigenvalue weighted by Gasteiger charge is 2.12. The van der Waals surface area contributed by atoms with Gasteiger partial charge in [0.25, 0.3) is 11.8 Å². The molecule has 7 nitrogen and oxygen atoms in total. The molecular weight excluding hydrogens is 434 g/mol. The summed E-state index contributed by atoms with van der Waals surface area (Å²) in [6.45, 7) is -0.237. The zero-order valence-electron chi connectivity index (χ0n) is 13.8. The maximum absolute atomic E-state index is 11.9. The molecule has 0 aliphatic rings.